The van der Waals surface area contributed by atoms with Gasteiger partial charge in [0.25, 0.3) is 5.91 Å². The Labute approximate surface area is 270 Å². The van der Waals surface area contributed by atoms with Crippen LogP contribution in [-0.2, 0) is 28.4 Å². The van der Waals surface area contributed by atoms with Crippen LogP contribution < -0.4 is 5.32 Å². The first-order valence-corrected chi connectivity index (χ1v) is 15.5. The van der Waals surface area contributed by atoms with Crippen LogP contribution in [0.3, 0.4) is 0 Å². The molecule has 0 radical (unpaired) electrons. The zero-order chi connectivity index (χ0) is 34.0. The molecule has 0 aromatic heterocycles. The summed E-state index contributed by atoms with van der Waals surface area (Å²) in [7, 11) is 0. The molecule has 5 rings (SSSR count). The van der Waals surface area contributed by atoms with E-state index in [1.807, 2.05) is 24.3 Å². The number of benzene rings is 2. The van der Waals surface area contributed by atoms with Crippen LogP contribution in [0.4, 0.5) is 0 Å². The van der Waals surface area contributed by atoms with E-state index in [0.717, 1.165) is 10.8 Å². The molecule has 47 heavy (non-hydrogen) atoms. The third-order valence-corrected chi connectivity index (χ3v) is 8.71. The number of hydrogen-bond acceptors (Lipinski definition) is 15. The lowest BCUT2D eigenvalue weighted by atomic mass is 9.94. The van der Waals surface area contributed by atoms with Gasteiger partial charge in [0.1, 0.15) is 67.1 Å². The van der Waals surface area contributed by atoms with E-state index in [4.69, 9.17) is 28.4 Å². The summed E-state index contributed by atoms with van der Waals surface area (Å²) in [5, 5.41) is 87.6. The van der Waals surface area contributed by atoms with Crippen molar-refractivity contribution in [1.82, 2.24) is 5.32 Å². The van der Waals surface area contributed by atoms with Crippen molar-refractivity contribution < 1.29 is 74.1 Å². The van der Waals surface area contributed by atoms with Crippen LogP contribution in [0.2, 0.25) is 0 Å². The Morgan fingerprint density at radius 1 is 0.723 bits per heavy atom. The molecule has 3 fully saturated rings. The molecule has 0 saturated carbocycles. The zero-order valence-corrected chi connectivity index (χ0v) is 25.8. The van der Waals surface area contributed by atoms with Crippen molar-refractivity contribution in [3.05, 3.63) is 48.0 Å². The lowest BCUT2D eigenvalue weighted by Gasteiger charge is -2.50. The van der Waals surface area contributed by atoms with E-state index in [1.165, 1.54) is 6.92 Å². The largest absolute Gasteiger partial charge is 0.394 e. The van der Waals surface area contributed by atoms with Crippen molar-refractivity contribution in [1.29, 1.82) is 0 Å². The van der Waals surface area contributed by atoms with E-state index >= 15 is 0 Å². The Hall–Kier alpha value is -2.39. The van der Waals surface area contributed by atoms with Crippen LogP contribution in [-0.4, -0.2) is 159 Å². The van der Waals surface area contributed by atoms with Gasteiger partial charge in [0.2, 0.25) is 0 Å². The van der Waals surface area contributed by atoms with Gasteiger partial charge in [-0.2, -0.15) is 0 Å². The molecule has 0 aliphatic carbocycles. The Morgan fingerprint density at radius 2 is 1.32 bits per heavy atom. The first-order chi connectivity index (χ1) is 22.5. The first kappa shape index (κ1) is 35.9. The van der Waals surface area contributed by atoms with Gasteiger partial charge in [-0.05, 0) is 36.8 Å². The van der Waals surface area contributed by atoms with Crippen LogP contribution >= 0.6 is 0 Å². The summed E-state index contributed by atoms with van der Waals surface area (Å²) >= 11 is 0. The van der Waals surface area contributed by atoms with E-state index in [9.17, 15) is 45.6 Å². The standard InChI is InChI=1S/C31H43NO15/c1-3-42-29-19(32-28(41)16-9-8-14-6-4-5-7-15(14)10-16)27(47-31-25(40)23(38)21(36)17(11-33)44-31)26(18(12-34)45-29)46-30-24(39)22(37)20(35)13(2)43-30/h4-10,13,17-27,29-31,33-40H,3,11-12H2,1-2H3,(H,32,41). The predicted molar refractivity (Wildman–Crippen MR) is 158 cm³/mol. The molecule has 1 amide bonds. The third kappa shape index (κ3) is 7.46. The van der Waals surface area contributed by atoms with Crippen LogP contribution in [0.25, 0.3) is 10.8 Å². The quantitative estimate of drug-likeness (QED) is 0.123. The van der Waals surface area contributed by atoms with E-state index < -0.39 is 111 Å². The third-order valence-electron chi connectivity index (χ3n) is 8.71. The molecule has 0 bridgehead atoms. The fourth-order valence-corrected chi connectivity index (χ4v) is 6.02. The number of carbonyl (C=O) groups is 1. The molecule has 3 aliphatic rings. The topological polar surface area (TPSA) is 246 Å². The van der Waals surface area contributed by atoms with Gasteiger partial charge in [-0.15, -0.1) is 0 Å². The van der Waals surface area contributed by atoms with Gasteiger partial charge in [-0.25, -0.2) is 0 Å². The smallest absolute Gasteiger partial charge is 0.251 e. The lowest BCUT2D eigenvalue weighted by molar-refractivity contribution is -0.372. The maximum Gasteiger partial charge on any atom is 0.251 e. The summed E-state index contributed by atoms with van der Waals surface area (Å²) < 4.78 is 35.3. The van der Waals surface area contributed by atoms with Gasteiger partial charge < -0.3 is 74.6 Å². The van der Waals surface area contributed by atoms with Gasteiger partial charge in [0.15, 0.2) is 18.9 Å². The summed E-state index contributed by atoms with van der Waals surface area (Å²) in [6.45, 7) is 1.72. The Bertz CT molecular complexity index is 1330. The van der Waals surface area contributed by atoms with Crippen molar-refractivity contribution in [2.75, 3.05) is 19.8 Å². The van der Waals surface area contributed by atoms with Crippen LogP contribution in [0.5, 0.6) is 0 Å². The number of nitrogens with one attached hydrogen (secondary N) is 1. The minimum Gasteiger partial charge on any atom is -0.394 e. The summed E-state index contributed by atoms with van der Waals surface area (Å²) in [6.07, 6.45) is -21.5. The van der Waals surface area contributed by atoms with Gasteiger partial charge in [-0.3, -0.25) is 4.79 Å². The highest BCUT2D eigenvalue weighted by atomic mass is 16.8. The minimum atomic E-state index is -1.86. The van der Waals surface area contributed by atoms with Crippen LogP contribution in [0, 0.1) is 0 Å². The fraction of sp³-hybridized carbons (Fsp3) is 0.645. The highest BCUT2D eigenvalue weighted by molar-refractivity contribution is 5.98. The zero-order valence-electron chi connectivity index (χ0n) is 25.8. The van der Waals surface area contributed by atoms with Crippen molar-refractivity contribution in [3.8, 4) is 0 Å². The van der Waals surface area contributed by atoms with Crippen LogP contribution in [0.15, 0.2) is 42.5 Å². The second-order valence-corrected chi connectivity index (χ2v) is 11.8. The maximum absolute atomic E-state index is 13.7. The maximum atomic E-state index is 13.7. The van der Waals surface area contributed by atoms with Gasteiger partial charge >= 0.3 is 0 Å². The average molecular weight is 670 g/mol. The molecule has 0 spiro atoms. The summed E-state index contributed by atoms with van der Waals surface area (Å²) in [6, 6.07) is 11.2. The number of aliphatic hydroxyl groups excluding tert-OH is 8. The molecule has 16 nitrogen and oxygen atoms in total. The number of carbonyl (C=O) groups excluding carboxylic acids is 1. The van der Waals surface area contributed by atoms with E-state index in [1.54, 1.807) is 25.1 Å². The molecule has 3 aliphatic heterocycles. The second kappa shape index (κ2) is 15.4. The number of aliphatic hydroxyl groups is 8. The number of fused-ring (bicyclic) bond motifs is 1. The number of rotatable bonds is 10. The molecule has 16 heteroatoms. The second-order valence-electron chi connectivity index (χ2n) is 11.8. The van der Waals surface area contributed by atoms with E-state index in [-0.39, 0.29) is 12.2 Å². The predicted octanol–water partition coefficient (Wildman–Crippen LogP) is -2.91. The molecular weight excluding hydrogens is 626 g/mol. The normalized spacial score (nSPS) is 41.1. The van der Waals surface area contributed by atoms with Gasteiger partial charge in [0.05, 0.1) is 19.3 Å². The molecule has 262 valence electrons. The summed E-state index contributed by atoms with van der Waals surface area (Å²) in [5.41, 5.74) is 0.254. The van der Waals surface area contributed by atoms with Crippen molar-refractivity contribution >= 4 is 16.7 Å². The molecule has 3 heterocycles. The highest BCUT2D eigenvalue weighted by Crippen LogP contribution is 2.34. The lowest BCUT2D eigenvalue weighted by Crippen LogP contribution is -2.70. The van der Waals surface area contributed by atoms with E-state index in [2.05, 4.69) is 5.32 Å². The molecule has 2 aromatic carbocycles. The van der Waals surface area contributed by atoms with Crippen molar-refractivity contribution in [3.63, 3.8) is 0 Å². The molecule has 3 saturated heterocycles. The monoisotopic (exact) mass is 669 g/mol. The Morgan fingerprint density at radius 3 is 1.98 bits per heavy atom. The van der Waals surface area contributed by atoms with Gasteiger partial charge in [-0.1, -0.05) is 30.3 Å². The number of ether oxygens (including phenoxy) is 6. The van der Waals surface area contributed by atoms with Crippen molar-refractivity contribution in [2.24, 2.45) is 0 Å². The molecular formula is C31H43NO15. The fourth-order valence-electron chi connectivity index (χ4n) is 6.02. The van der Waals surface area contributed by atoms with Crippen LogP contribution in [0.1, 0.15) is 24.2 Å². The molecule has 15 atom stereocenters. The van der Waals surface area contributed by atoms with Crippen molar-refractivity contribution in [2.45, 2.75) is 106 Å². The number of hydrogen-bond donors (Lipinski definition) is 9. The highest BCUT2D eigenvalue weighted by Gasteiger charge is 2.54. The van der Waals surface area contributed by atoms with E-state index in [0.29, 0.717) is 0 Å². The summed E-state index contributed by atoms with van der Waals surface area (Å²) in [5.74, 6) is -0.598. The minimum absolute atomic E-state index is 0.0789. The number of amides is 1. The summed E-state index contributed by atoms with van der Waals surface area (Å²) in [4.78, 5) is 13.7. The first-order valence-electron chi connectivity index (χ1n) is 15.5. The SMILES string of the molecule is CCOC1OC(CO)C(OC2OC(C)C(O)C(O)C2O)C(OC2OC(CO)C(O)C(O)C2O)C1NC(=O)c1ccc2ccccc2c1. The molecule has 9 N–H and O–H groups in total. The molecule has 15 unspecified atom stereocenters. The Kier molecular flexibility index (Phi) is 11.8. The Balaban J connectivity index is 1.52. The average Bonchev–Trinajstić information content (AvgIpc) is 3.08. The molecule has 2 aromatic rings. The van der Waals surface area contributed by atoms with Gasteiger partial charge in [0, 0.05) is 12.2 Å².